The fraction of sp³-hybridized carbons (Fsp3) is 0.579. The first-order valence-corrected chi connectivity index (χ1v) is 8.76. The molecular formula is C19H25NO4. The molecule has 1 amide bonds. The lowest BCUT2D eigenvalue weighted by molar-refractivity contribution is -0.140. The van der Waals surface area contributed by atoms with Crippen LogP contribution in [0.2, 0.25) is 0 Å². The number of nitrogens with zero attached hydrogens (tertiary/aromatic N) is 1. The zero-order valence-corrected chi connectivity index (χ0v) is 14.1. The Morgan fingerprint density at radius 2 is 2.17 bits per heavy atom. The number of carbonyl (C=O) groups excluding carboxylic acids is 1. The molecule has 130 valence electrons. The quantitative estimate of drug-likeness (QED) is 0.870. The number of rotatable bonds is 6. The van der Waals surface area contributed by atoms with Crippen molar-refractivity contribution in [2.45, 2.75) is 50.5 Å². The molecule has 3 rings (SSSR count). The maximum Gasteiger partial charge on any atom is 0.303 e. The largest absolute Gasteiger partial charge is 0.497 e. The van der Waals surface area contributed by atoms with Crippen molar-refractivity contribution in [3.8, 4) is 5.75 Å². The number of amides is 1. The number of hydrogen-bond acceptors (Lipinski definition) is 3. The Morgan fingerprint density at radius 1 is 1.33 bits per heavy atom. The Kier molecular flexibility index (Phi) is 5.07. The summed E-state index contributed by atoms with van der Waals surface area (Å²) in [4.78, 5) is 25.7. The van der Waals surface area contributed by atoms with Gasteiger partial charge in [-0.3, -0.25) is 9.59 Å². The summed E-state index contributed by atoms with van der Waals surface area (Å²) >= 11 is 0. The summed E-state index contributed by atoms with van der Waals surface area (Å²) in [5.41, 5.74) is 1.16. The summed E-state index contributed by atoms with van der Waals surface area (Å²) in [7, 11) is 1.65. The fourth-order valence-electron chi connectivity index (χ4n) is 3.80. The van der Waals surface area contributed by atoms with Gasteiger partial charge >= 0.3 is 5.97 Å². The van der Waals surface area contributed by atoms with Crippen molar-refractivity contribution in [2.24, 2.45) is 5.92 Å². The molecule has 2 aliphatic rings. The zero-order chi connectivity index (χ0) is 17.1. The summed E-state index contributed by atoms with van der Waals surface area (Å²) in [5, 5.41) is 8.92. The first-order valence-electron chi connectivity index (χ1n) is 8.76. The monoisotopic (exact) mass is 331 g/mol. The number of benzene rings is 1. The molecule has 1 N–H and O–H groups in total. The molecular weight excluding hydrogens is 306 g/mol. The zero-order valence-electron chi connectivity index (χ0n) is 14.1. The number of methoxy groups -OCH3 is 1. The van der Waals surface area contributed by atoms with E-state index in [1.54, 1.807) is 7.11 Å². The Morgan fingerprint density at radius 3 is 2.92 bits per heavy atom. The van der Waals surface area contributed by atoms with E-state index in [2.05, 4.69) is 6.07 Å². The summed E-state index contributed by atoms with van der Waals surface area (Å²) < 4.78 is 5.27. The minimum atomic E-state index is -0.784. The molecule has 0 aromatic heterocycles. The van der Waals surface area contributed by atoms with Crippen LogP contribution in [-0.4, -0.2) is 41.6 Å². The van der Waals surface area contributed by atoms with E-state index in [1.807, 2.05) is 23.1 Å². The molecule has 2 fully saturated rings. The number of carboxylic acids is 1. The average molecular weight is 331 g/mol. The maximum atomic E-state index is 12.9. The minimum Gasteiger partial charge on any atom is -0.497 e. The second-order valence-electron chi connectivity index (χ2n) is 6.84. The molecule has 1 aliphatic heterocycles. The van der Waals surface area contributed by atoms with Crippen molar-refractivity contribution < 1.29 is 19.4 Å². The van der Waals surface area contributed by atoms with Crippen LogP contribution in [-0.2, 0) is 9.59 Å². The number of carbonyl (C=O) groups is 2. The van der Waals surface area contributed by atoms with Crippen LogP contribution in [0.5, 0.6) is 5.75 Å². The first kappa shape index (κ1) is 16.8. The summed E-state index contributed by atoms with van der Waals surface area (Å²) in [6.07, 6.45) is 4.61. The highest BCUT2D eigenvalue weighted by atomic mass is 16.5. The minimum absolute atomic E-state index is 0.0440. The highest BCUT2D eigenvalue weighted by molar-refractivity contribution is 5.83. The lowest BCUT2D eigenvalue weighted by Gasteiger charge is -2.36. The van der Waals surface area contributed by atoms with Crippen molar-refractivity contribution in [2.75, 3.05) is 13.7 Å². The number of ether oxygens (including phenoxy) is 1. The molecule has 1 saturated heterocycles. The van der Waals surface area contributed by atoms with Gasteiger partial charge in [0.05, 0.1) is 7.11 Å². The number of likely N-dealkylation sites (tertiary alicyclic amines) is 1. The van der Waals surface area contributed by atoms with Crippen LogP contribution in [0, 0.1) is 5.92 Å². The third-order valence-corrected chi connectivity index (χ3v) is 5.23. The van der Waals surface area contributed by atoms with Crippen molar-refractivity contribution in [3.05, 3.63) is 29.8 Å². The van der Waals surface area contributed by atoms with Crippen molar-refractivity contribution in [1.82, 2.24) is 4.90 Å². The summed E-state index contributed by atoms with van der Waals surface area (Å²) in [6, 6.07) is 8.03. The maximum absolute atomic E-state index is 12.9. The highest BCUT2D eigenvalue weighted by Crippen LogP contribution is 2.49. The molecule has 3 unspecified atom stereocenters. The van der Waals surface area contributed by atoms with Crippen LogP contribution in [0.15, 0.2) is 24.3 Å². The van der Waals surface area contributed by atoms with Crippen molar-refractivity contribution in [3.63, 3.8) is 0 Å². The molecule has 1 saturated carbocycles. The molecule has 5 nitrogen and oxygen atoms in total. The number of piperidine rings is 1. The van der Waals surface area contributed by atoms with Gasteiger partial charge in [-0.1, -0.05) is 12.1 Å². The molecule has 0 spiro atoms. The van der Waals surface area contributed by atoms with Crippen LogP contribution in [0.3, 0.4) is 0 Å². The molecule has 24 heavy (non-hydrogen) atoms. The van der Waals surface area contributed by atoms with E-state index in [1.165, 1.54) is 0 Å². The smallest absolute Gasteiger partial charge is 0.303 e. The van der Waals surface area contributed by atoms with Crippen LogP contribution < -0.4 is 4.74 Å². The van der Waals surface area contributed by atoms with Gasteiger partial charge in [-0.15, -0.1) is 0 Å². The van der Waals surface area contributed by atoms with Gasteiger partial charge in [0.2, 0.25) is 5.91 Å². The normalized spacial score (nSPS) is 26.0. The average Bonchev–Trinajstić information content (AvgIpc) is 3.40. The van der Waals surface area contributed by atoms with E-state index in [0.717, 1.165) is 43.5 Å². The van der Waals surface area contributed by atoms with Gasteiger partial charge in [0.15, 0.2) is 0 Å². The summed E-state index contributed by atoms with van der Waals surface area (Å²) in [6.45, 7) is 0.768. The predicted molar refractivity (Wildman–Crippen MR) is 90.1 cm³/mol. The van der Waals surface area contributed by atoms with E-state index in [9.17, 15) is 9.59 Å². The third kappa shape index (κ3) is 3.71. The molecule has 1 aromatic carbocycles. The Balaban J connectivity index is 1.64. The molecule has 0 radical (unpaired) electrons. The van der Waals surface area contributed by atoms with Gasteiger partial charge in [0.25, 0.3) is 0 Å². The van der Waals surface area contributed by atoms with Gasteiger partial charge in [0, 0.05) is 24.9 Å². The fourth-order valence-corrected chi connectivity index (χ4v) is 3.80. The first-order chi connectivity index (χ1) is 11.6. The third-order valence-electron chi connectivity index (χ3n) is 5.23. The van der Waals surface area contributed by atoms with Crippen LogP contribution in [0.4, 0.5) is 0 Å². The standard InChI is InChI=1S/C19H25NO4/c1-24-15-7-4-5-13(11-15)16-12-17(16)19(23)20-10-3-2-6-14(20)8-9-18(21)22/h4-5,7,11,14,16-17H,2-3,6,8-10,12H2,1H3,(H,21,22). The van der Waals surface area contributed by atoms with Crippen LogP contribution in [0.1, 0.15) is 50.0 Å². The van der Waals surface area contributed by atoms with Crippen LogP contribution in [0.25, 0.3) is 0 Å². The van der Waals surface area contributed by atoms with Crippen LogP contribution >= 0.6 is 0 Å². The molecule has 3 atom stereocenters. The SMILES string of the molecule is COc1cccc(C2CC2C(=O)N2CCCCC2CCC(=O)O)c1. The molecule has 0 bridgehead atoms. The number of carboxylic acid groups (broad SMARTS) is 1. The van der Waals surface area contributed by atoms with Crippen molar-refractivity contribution >= 4 is 11.9 Å². The summed E-state index contributed by atoms with van der Waals surface area (Å²) in [5.74, 6) is 0.562. The highest BCUT2D eigenvalue weighted by Gasteiger charge is 2.47. The Hall–Kier alpha value is -2.04. The lowest BCUT2D eigenvalue weighted by atomic mass is 9.97. The van der Waals surface area contributed by atoms with Gasteiger partial charge in [-0.25, -0.2) is 0 Å². The lowest BCUT2D eigenvalue weighted by Crippen LogP contribution is -2.44. The number of hydrogen-bond donors (Lipinski definition) is 1. The molecule has 1 aromatic rings. The van der Waals surface area contributed by atoms with Crippen molar-refractivity contribution in [1.29, 1.82) is 0 Å². The van der Waals surface area contributed by atoms with E-state index in [0.29, 0.717) is 6.42 Å². The second kappa shape index (κ2) is 7.24. The Labute approximate surface area is 142 Å². The van der Waals surface area contributed by atoms with E-state index in [-0.39, 0.29) is 30.2 Å². The van der Waals surface area contributed by atoms with Gasteiger partial charge in [-0.05, 0) is 55.7 Å². The predicted octanol–water partition coefficient (Wildman–Crippen LogP) is 3.04. The second-order valence-corrected chi connectivity index (χ2v) is 6.84. The molecule has 1 aliphatic carbocycles. The Bertz CT molecular complexity index is 615. The molecule has 5 heteroatoms. The van der Waals surface area contributed by atoms with E-state index >= 15 is 0 Å². The molecule has 1 heterocycles. The van der Waals surface area contributed by atoms with Gasteiger partial charge < -0.3 is 14.7 Å². The van der Waals surface area contributed by atoms with E-state index < -0.39 is 5.97 Å². The van der Waals surface area contributed by atoms with E-state index in [4.69, 9.17) is 9.84 Å². The number of aliphatic carboxylic acids is 1. The van der Waals surface area contributed by atoms with Gasteiger partial charge in [-0.2, -0.15) is 0 Å². The topological polar surface area (TPSA) is 66.8 Å². The van der Waals surface area contributed by atoms with Gasteiger partial charge in [0.1, 0.15) is 5.75 Å².